The van der Waals surface area contributed by atoms with Gasteiger partial charge in [-0.15, -0.1) is 0 Å². The molecule has 390 valence electrons. The van der Waals surface area contributed by atoms with E-state index in [9.17, 15) is 19.8 Å². The lowest BCUT2D eigenvalue weighted by Gasteiger charge is -2.22. The van der Waals surface area contributed by atoms with Crippen LogP contribution in [-0.4, -0.2) is 47.4 Å². The zero-order valence-corrected chi connectivity index (χ0v) is 44.4. The summed E-state index contributed by atoms with van der Waals surface area (Å²) in [6.45, 7) is 4.93. The smallest absolute Gasteiger partial charge is 0.305 e. The highest BCUT2D eigenvalue weighted by molar-refractivity contribution is 5.76. The van der Waals surface area contributed by atoms with Crippen LogP contribution >= 0.6 is 0 Å². The third-order valence-corrected chi connectivity index (χ3v) is 13.7. The Bertz CT molecular complexity index is 1030. The summed E-state index contributed by atoms with van der Waals surface area (Å²) in [5.74, 6) is -0.0484. The van der Waals surface area contributed by atoms with Crippen LogP contribution in [0, 0.1) is 0 Å². The van der Waals surface area contributed by atoms with Crippen molar-refractivity contribution in [3.8, 4) is 0 Å². The largest absolute Gasteiger partial charge is 0.466 e. The summed E-state index contributed by atoms with van der Waals surface area (Å²) >= 11 is 0. The van der Waals surface area contributed by atoms with E-state index >= 15 is 0 Å². The third kappa shape index (κ3) is 51.7. The number of carbonyl (C=O) groups excluding carboxylic acids is 2. The highest BCUT2D eigenvalue weighted by atomic mass is 16.5. The number of carbonyl (C=O) groups is 2. The monoisotopic (exact) mass is 930 g/mol. The second-order valence-electron chi connectivity index (χ2n) is 20.3. The first-order valence-electron chi connectivity index (χ1n) is 29.6. The van der Waals surface area contributed by atoms with Gasteiger partial charge in [0, 0.05) is 12.8 Å². The lowest BCUT2D eigenvalue weighted by molar-refractivity contribution is -0.143. The van der Waals surface area contributed by atoms with E-state index in [1.807, 2.05) is 0 Å². The van der Waals surface area contributed by atoms with Crippen molar-refractivity contribution in [1.82, 2.24) is 5.32 Å². The van der Waals surface area contributed by atoms with Gasteiger partial charge in [0.1, 0.15) is 0 Å². The van der Waals surface area contributed by atoms with Gasteiger partial charge in [-0.05, 0) is 77.0 Å². The summed E-state index contributed by atoms with van der Waals surface area (Å²) in [6.07, 6.45) is 67.4. The normalized spacial score (nSPS) is 12.7. The Morgan fingerprint density at radius 3 is 1.11 bits per heavy atom. The number of rotatable bonds is 55. The molecule has 0 saturated heterocycles. The van der Waals surface area contributed by atoms with Gasteiger partial charge in [0.2, 0.25) is 5.91 Å². The number of allylic oxidation sites excluding steroid dienone is 4. The van der Waals surface area contributed by atoms with Crippen molar-refractivity contribution in [2.24, 2.45) is 0 Å². The van der Waals surface area contributed by atoms with E-state index in [1.54, 1.807) is 0 Å². The molecule has 0 aromatic heterocycles. The molecule has 0 aliphatic carbocycles. The van der Waals surface area contributed by atoms with E-state index in [1.165, 1.54) is 244 Å². The number of ether oxygens (including phenoxy) is 1. The quantitative estimate of drug-likeness (QED) is 0.0321. The van der Waals surface area contributed by atoms with Crippen molar-refractivity contribution in [2.45, 2.75) is 334 Å². The van der Waals surface area contributed by atoms with E-state index in [0.29, 0.717) is 25.9 Å². The average Bonchev–Trinajstić information content (AvgIpc) is 3.32. The van der Waals surface area contributed by atoms with Crippen molar-refractivity contribution in [2.75, 3.05) is 13.2 Å². The SMILES string of the molecule is CCCCC/C=C\CCCCCCCC(=O)OCCCCCCCCCC/C=C\CCCCCCCCCC(=O)NC(CO)C(O)CCCCCCCCCCCCCCCCCCCC. The molecule has 6 heteroatoms. The molecule has 2 atom stereocenters. The third-order valence-electron chi connectivity index (χ3n) is 13.7. The zero-order valence-electron chi connectivity index (χ0n) is 44.4. The molecular weight excluding hydrogens is 815 g/mol. The van der Waals surface area contributed by atoms with Gasteiger partial charge < -0.3 is 20.3 Å². The summed E-state index contributed by atoms with van der Waals surface area (Å²) in [5, 5.41) is 23.3. The first-order valence-corrected chi connectivity index (χ1v) is 29.6. The number of unbranched alkanes of at least 4 members (excludes halogenated alkanes) is 40. The van der Waals surface area contributed by atoms with Crippen LogP contribution < -0.4 is 5.32 Å². The highest BCUT2D eigenvalue weighted by Gasteiger charge is 2.20. The van der Waals surface area contributed by atoms with Gasteiger partial charge in [0.15, 0.2) is 0 Å². The number of esters is 1. The maximum Gasteiger partial charge on any atom is 0.305 e. The molecule has 0 aromatic carbocycles. The fourth-order valence-corrected chi connectivity index (χ4v) is 9.16. The topological polar surface area (TPSA) is 95.9 Å². The molecule has 0 saturated carbocycles. The lowest BCUT2D eigenvalue weighted by atomic mass is 10.0. The van der Waals surface area contributed by atoms with E-state index in [4.69, 9.17) is 4.74 Å². The number of amides is 1. The molecule has 1 amide bonds. The Labute approximate surface area is 411 Å². The minimum Gasteiger partial charge on any atom is -0.466 e. The fourth-order valence-electron chi connectivity index (χ4n) is 9.16. The maximum atomic E-state index is 12.5. The molecule has 6 nitrogen and oxygen atoms in total. The molecule has 3 N–H and O–H groups in total. The van der Waals surface area contributed by atoms with E-state index in [2.05, 4.69) is 43.5 Å². The molecule has 0 rings (SSSR count). The number of nitrogens with one attached hydrogen (secondary N) is 1. The van der Waals surface area contributed by atoms with E-state index in [0.717, 1.165) is 44.9 Å². The second-order valence-corrected chi connectivity index (χ2v) is 20.3. The molecule has 0 spiro atoms. The summed E-state index contributed by atoms with van der Waals surface area (Å²) < 4.78 is 5.46. The standard InChI is InChI=1S/C60H115NO5/c1-3-5-7-9-11-13-15-17-18-19-23-26-29-32-36-40-44-48-52-58(63)57(56-62)61-59(64)53-49-45-41-37-33-30-27-24-21-20-22-25-28-31-35-39-43-47-51-55-66-60(65)54-50-46-42-38-34-16-14-12-10-8-6-4-2/h12,14,20-21,57-58,62-63H,3-11,13,15-19,22-56H2,1-2H3,(H,61,64)/b14-12-,21-20-. The van der Waals surface area contributed by atoms with Gasteiger partial charge in [-0.2, -0.15) is 0 Å². The molecule has 0 aliphatic rings. The molecule has 0 aliphatic heterocycles. The zero-order chi connectivity index (χ0) is 47.9. The van der Waals surface area contributed by atoms with Crippen molar-refractivity contribution < 1.29 is 24.5 Å². The van der Waals surface area contributed by atoms with Crippen LogP contribution in [-0.2, 0) is 14.3 Å². The number of hydrogen-bond acceptors (Lipinski definition) is 5. The van der Waals surface area contributed by atoms with E-state index in [-0.39, 0.29) is 18.5 Å². The Balaban J connectivity index is 3.45. The number of hydrogen-bond donors (Lipinski definition) is 3. The van der Waals surface area contributed by atoms with Gasteiger partial charge in [0.05, 0.1) is 25.4 Å². The Morgan fingerprint density at radius 2 is 0.712 bits per heavy atom. The first-order chi connectivity index (χ1) is 32.5. The van der Waals surface area contributed by atoms with Crippen LogP contribution in [0.15, 0.2) is 24.3 Å². The maximum absolute atomic E-state index is 12.5. The van der Waals surface area contributed by atoms with Crippen LogP contribution in [0.3, 0.4) is 0 Å². The van der Waals surface area contributed by atoms with Gasteiger partial charge >= 0.3 is 5.97 Å². The number of aliphatic hydroxyl groups excluding tert-OH is 2. The first kappa shape index (κ1) is 64.3. The molecule has 0 fully saturated rings. The van der Waals surface area contributed by atoms with Crippen LogP contribution in [0.4, 0.5) is 0 Å². The van der Waals surface area contributed by atoms with Crippen LogP contribution in [0.1, 0.15) is 322 Å². The van der Waals surface area contributed by atoms with Crippen molar-refractivity contribution in [3.05, 3.63) is 24.3 Å². The van der Waals surface area contributed by atoms with Crippen molar-refractivity contribution in [1.29, 1.82) is 0 Å². The van der Waals surface area contributed by atoms with Crippen LogP contribution in [0.2, 0.25) is 0 Å². The molecule has 0 bridgehead atoms. The number of aliphatic hydroxyl groups is 2. The molecule has 2 unspecified atom stereocenters. The van der Waals surface area contributed by atoms with Gasteiger partial charge in [-0.3, -0.25) is 9.59 Å². The van der Waals surface area contributed by atoms with E-state index < -0.39 is 12.1 Å². The summed E-state index contributed by atoms with van der Waals surface area (Å²) in [7, 11) is 0. The van der Waals surface area contributed by atoms with Crippen molar-refractivity contribution in [3.63, 3.8) is 0 Å². The molecule has 66 heavy (non-hydrogen) atoms. The minimum atomic E-state index is -0.671. The second kappa shape index (κ2) is 55.9. The van der Waals surface area contributed by atoms with Crippen molar-refractivity contribution >= 4 is 11.9 Å². The van der Waals surface area contributed by atoms with Crippen LogP contribution in [0.25, 0.3) is 0 Å². The lowest BCUT2D eigenvalue weighted by Crippen LogP contribution is -2.45. The minimum absolute atomic E-state index is 0.00585. The molecule has 0 aromatic rings. The van der Waals surface area contributed by atoms with Crippen LogP contribution in [0.5, 0.6) is 0 Å². The Hall–Kier alpha value is -1.66. The Morgan fingerprint density at radius 1 is 0.409 bits per heavy atom. The summed E-state index contributed by atoms with van der Waals surface area (Å²) in [4.78, 5) is 24.5. The molecule has 0 heterocycles. The molecule has 0 radical (unpaired) electrons. The molecular formula is C60H115NO5. The highest BCUT2D eigenvalue weighted by Crippen LogP contribution is 2.17. The van der Waals surface area contributed by atoms with Gasteiger partial charge in [0.25, 0.3) is 0 Å². The predicted molar refractivity (Wildman–Crippen MR) is 287 cm³/mol. The predicted octanol–water partition coefficient (Wildman–Crippen LogP) is 18.2. The average molecular weight is 931 g/mol. The van der Waals surface area contributed by atoms with Gasteiger partial charge in [-0.1, -0.05) is 256 Å². The van der Waals surface area contributed by atoms with Gasteiger partial charge in [-0.25, -0.2) is 0 Å². The summed E-state index contributed by atoms with van der Waals surface area (Å²) in [6, 6.07) is -0.549. The summed E-state index contributed by atoms with van der Waals surface area (Å²) in [5.41, 5.74) is 0. The fraction of sp³-hybridized carbons (Fsp3) is 0.900. The Kier molecular flexibility index (Phi) is 54.5.